The van der Waals surface area contributed by atoms with Gasteiger partial charge in [0.05, 0.1) is 0 Å². The fourth-order valence-electron chi connectivity index (χ4n) is 1.76. The van der Waals surface area contributed by atoms with Gasteiger partial charge < -0.3 is 5.73 Å². The molecule has 1 fully saturated rings. The van der Waals surface area contributed by atoms with Crippen LogP contribution in [0.3, 0.4) is 0 Å². The lowest BCUT2D eigenvalue weighted by Gasteiger charge is -2.16. The van der Waals surface area contributed by atoms with E-state index >= 15 is 0 Å². The van der Waals surface area contributed by atoms with Gasteiger partial charge in [0.15, 0.2) is 0 Å². The van der Waals surface area contributed by atoms with Crippen LogP contribution in [0.2, 0.25) is 0 Å². The van der Waals surface area contributed by atoms with Crippen LogP contribution in [0.15, 0.2) is 18.2 Å². The number of amidine groups is 1. The highest BCUT2D eigenvalue weighted by molar-refractivity contribution is 5.94. The lowest BCUT2D eigenvalue weighted by atomic mass is 10.1. The monoisotopic (exact) mass is 221 g/mol. The minimum Gasteiger partial charge on any atom is -0.384 e. The third-order valence-corrected chi connectivity index (χ3v) is 2.95. The van der Waals surface area contributed by atoms with Crippen LogP contribution >= 0.6 is 0 Å². The summed E-state index contributed by atoms with van der Waals surface area (Å²) in [6.07, 6.45) is 2.42. The number of halogens is 1. The second-order valence-electron chi connectivity index (χ2n) is 4.37. The summed E-state index contributed by atoms with van der Waals surface area (Å²) in [6.45, 7) is 0.620. The first kappa shape index (κ1) is 11.1. The normalized spacial score (nSPS) is 15.4. The fraction of sp³-hybridized carbons (Fsp3) is 0.417. The SMILES string of the molecule is CN(Cc1ccc(C(=N)N)cc1F)C1CC1. The van der Waals surface area contributed by atoms with E-state index < -0.39 is 0 Å². The Kier molecular flexibility index (Phi) is 2.92. The van der Waals surface area contributed by atoms with Crippen molar-refractivity contribution in [3.8, 4) is 0 Å². The van der Waals surface area contributed by atoms with Gasteiger partial charge in [-0.3, -0.25) is 10.3 Å². The van der Waals surface area contributed by atoms with Gasteiger partial charge in [-0.05, 0) is 26.0 Å². The van der Waals surface area contributed by atoms with Crippen molar-refractivity contribution >= 4 is 5.84 Å². The van der Waals surface area contributed by atoms with Crippen molar-refractivity contribution in [3.05, 3.63) is 35.1 Å². The zero-order chi connectivity index (χ0) is 11.7. The van der Waals surface area contributed by atoms with E-state index in [9.17, 15) is 4.39 Å². The highest BCUT2D eigenvalue weighted by atomic mass is 19.1. The van der Waals surface area contributed by atoms with Crippen LogP contribution in [0.5, 0.6) is 0 Å². The Morgan fingerprint density at radius 3 is 2.75 bits per heavy atom. The van der Waals surface area contributed by atoms with Gasteiger partial charge in [0.25, 0.3) is 0 Å². The molecule has 1 aromatic carbocycles. The van der Waals surface area contributed by atoms with Crippen molar-refractivity contribution in [1.82, 2.24) is 4.90 Å². The summed E-state index contributed by atoms with van der Waals surface area (Å²) < 4.78 is 13.7. The van der Waals surface area contributed by atoms with Gasteiger partial charge in [-0.25, -0.2) is 4.39 Å². The second-order valence-corrected chi connectivity index (χ2v) is 4.37. The summed E-state index contributed by atoms with van der Waals surface area (Å²) in [5.41, 5.74) is 6.40. The molecule has 0 bridgehead atoms. The maximum Gasteiger partial charge on any atom is 0.128 e. The van der Waals surface area contributed by atoms with E-state index in [0.29, 0.717) is 23.7 Å². The van der Waals surface area contributed by atoms with Crippen LogP contribution in [0.4, 0.5) is 4.39 Å². The largest absolute Gasteiger partial charge is 0.384 e. The van der Waals surface area contributed by atoms with Gasteiger partial charge in [0.1, 0.15) is 11.7 Å². The van der Waals surface area contributed by atoms with Crippen LogP contribution < -0.4 is 5.73 Å². The summed E-state index contributed by atoms with van der Waals surface area (Å²) >= 11 is 0. The molecule has 0 heterocycles. The Morgan fingerprint density at radius 1 is 1.56 bits per heavy atom. The van der Waals surface area contributed by atoms with Crippen molar-refractivity contribution < 1.29 is 4.39 Å². The highest BCUT2D eigenvalue weighted by Gasteiger charge is 2.26. The molecule has 1 aromatic rings. The minimum atomic E-state index is -0.278. The van der Waals surface area contributed by atoms with E-state index in [4.69, 9.17) is 11.1 Å². The lowest BCUT2D eigenvalue weighted by molar-refractivity contribution is 0.311. The number of nitrogen functional groups attached to an aromatic ring is 1. The third-order valence-electron chi connectivity index (χ3n) is 2.95. The number of hydrogen-bond acceptors (Lipinski definition) is 2. The molecule has 1 aliphatic rings. The van der Waals surface area contributed by atoms with Crippen LogP contribution in [0, 0.1) is 11.2 Å². The predicted octanol–water partition coefficient (Wildman–Crippen LogP) is 1.70. The number of nitrogens with one attached hydrogen (secondary N) is 1. The minimum absolute atomic E-state index is 0.0963. The average molecular weight is 221 g/mol. The molecular weight excluding hydrogens is 205 g/mol. The quantitative estimate of drug-likeness (QED) is 0.600. The van der Waals surface area contributed by atoms with E-state index in [1.807, 2.05) is 7.05 Å². The predicted molar refractivity (Wildman–Crippen MR) is 61.9 cm³/mol. The zero-order valence-electron chi connectivity index (χ0n) is 9.33. The van der Waals surface area contributed by atoms with Gasteiger partial charge in [0.2, 0.25) is 0 Å². The molecule has 0 amide bonds. The molecule has 0 saturated heterocycles. The Bertz CT molecular complexity index is 413. The summed E-state index contributed by atoms with van der Waals surface area (Å²) in [4.78, 5) is 2.16. The van der Waals surface area contributed by atoms with Crippen molar-refractivity contribution in [3.63, 3.8) is 0 Å². The Balaban J connectivity index is 2.12. The van der Waals surface area contributed by atoms with E-state index in [2.05, 4.69) is 4.90 Å². The average Bonchev–Trinajstić information content (AvgIpc) is 3.03. The Hall–Kier alpha value is -1.42. The maximum atomic E-state index is 13.7. The molecule has 86 valence electrons. The molecule has 3 N–H and O–H groups in total. The van der Waals surface area contributed by atoms with Crippen molar-refractivity contribution in [2.45, 2.75) is 25.4 Å². The van der Waals surface area contributed by atoms with Crippen LogP contribution in [-0.4, -0.2) is 23.8 Å². The Morgan fingerprint density at radius 2 is 2.25 bits per heavy atom. The van der Waals surface area contributed by atoms with E-state index in [0.717, 1.165) is 0 Å². The molecule has 0 spiro atoms. The number of nitrogens with zero attached hydrogens (tertiary/aromatic N) is 1. The molecule has 3 nitrogen and oxygen atoms in total. The molecule has 0 unspecified atom stereocenters. The Labute approximate surface area is 94.6 Å². The number of benzene rings is 1. The van der Waals surface area contributed by atoms with Gasteiger partial charge in [0, 0.05) is 23.7 Å². The van der Waals surface area contributed by atoms with Crippen LogP contribution in [-0.2, 0) is 6.54 Å². The third kappa shape index (κ3) is 2.39. The maximum absolute atomic E-state index is 13.7. The summed E-state index contributed by atoms with van der Waals surface area (Å²) in [7, 11) is 2.01. The van der Waals surface area contributed by atoms with Crippen molar-refractivity contribution in [2.24, 2.45) is 5.73 Å². The van der Waals surface area contributed by atoms with Crippen LogP contribution in [0.25, 0.3) is 0 Å². The van der Waals surface area contributed by atoms with Crippen molar-refractivity contribution in [1.29, 1.82) is 5.41 Å². The second kappa shape index (κ2) is 4.22. The number of rotatable bonds is 4. The zero-order valence-corrected chi connectivity index (χ0v) is 9.33. The standard InChI is InChI=1S/C12H16FN3/c1-16(10-4-5-10)7-9-3-2-8(12(14)15)6-11(9)13/h2-3,6,10H,4-5,7H2,1H3,(H3,14,15). The molecule has 1 aliphatic carbocycles. The lowest BCUT2D eigenvalue weighted by Crippen LogP contribution is -2.21. The number of hydrogen-bond donors (Lipinski definition) is 2. The molecule has 0 radical (unpaired) electrons. The molecule has 16 heavy (non-hydrogen) atoms. The first-order chi connectivity index (χ1) is 7.58. The topological polar surface area (TPSA) is 53.1 Å². The smallest absolute Gasteiger partial charge is 0.128 e. The molecule has 4 heteroatoms. The summed E-state index contributed by atoms with van der Waals surface area (Å²) in [6, 6.07) is 5.36. The summed E-state index contributed by atoms with van der Waals surface area (Å²) in [5, 5.41) is 7.22. The van der Waals surface area contributed by atoms with Gasteiger partial charge in [-0.1, -0.05) is 12.1 Å². The van der Waals surface area contributed by atoms with E-state index in [1.54, 1.807) is 12.1 Å². The molecule has 0 aliphatic heterocycles. The molecule has 2 rings (SSSR count). The van der Waals surface area contributed by atoms with Gasteiger partial charge >= 0.3 is 0 Å². The molecule has 0 aromatic heterocycles. The molecular formula is C12H16FN3. The summed E-state index contributed by atoms with van der Waals surface area (Å²) in [5.74, 6) is -0.374. The highest BCUT2D eigenvalue weighted by Crippen LogP contribution is 2.27. The van der Waals surface area contributed by atoms with Crippen molar-refractivity contribution in [2.75, 3.05) is 7.05 Å². The molecule has 1 saturated carbocycles. The van der Waals surface area contributed by atoms with Crippen LogP contribution in [0.1, 0.15) is 24.0 Å². The van der Waals surface area contributed by atoms with E-state index in [1.165, 1.54) is 18.9 Å². The first-order valence-corrected chi connectivity index (χ1v) is 5.41. The van der Waals surface area contributed by atoms with Gasteiger partial charge in [-0.2, -0.15) is 0 Å². The number of nitrogens with two attached hydrogens (primary N) is 1. The van der Waals surface area contributed by atoms with E-state index in [-0.39, 0.29) is 11.7 Å². The van der Waals surface area contributed by atoms with Gasteiger partial charge in [-0.15, -0.1) is 0 Å². The first-order valence-electron chi connectivity index (χ1n) is 5.41. The fourth-order valence-corrected chi connectivity index (χ4v) is 1.76. The molecule has 0 atom stereocenters.